The van der Waals surface area contributed by atoms with Crippen LogP contribution in [0.5, 0.6) is 0 Å². The average molecular weight is 266 g/mol. The first-order valence-electron chi connectivity index (χ1n) is 6.14. The van der Waals surface area contributed by atoms with E-state index in [4.69, 9.17) is 5.73 Å². The Morgan fingerprint density at radius 3 is 2.53 bits per heavy atom. The average Bonchev–Trinajstić information content (AvgIpc) is 2.25. The monoisotopic (exact) mass is 266 g/mol. The Hall–Kier alpha value is -1.82. The molecule has 0 unspecified atom stereocenters. The van der Waals surface area contributed by atoms with Gasteiger partial charge in [-0.3, -0.25) is 10.1 Å². The highest BCUT2D eigenvalue weighted by atomic mass is 16.6. The van der Waals surface area contributed by atoms with Crippen LogP contribution in [0, 0.1) is 15.5 Å². The van der Waals surface area contributed by atoms with Gasteiger partial charge in [0.25, 0.3) is 5.69 Å². The van der Waals surface area contributed by atoms with Crippen LogP contribution < -0.4 is 11.1 Å². The van der Waals surface area contributed by atoms with E-state index in [9.17, 15) is 10.1 Å². The van der Waals surface area contributed by atoms with Gasteiger partial charge in [-0.1, -0.05) is 13.8 Å². The molecule has 1 aromatic rings. The molecule has 19 heavy (non-hydrogen) atoms. The quantitative estimate of drug-likeness (QED) is 0.468. The van der Waals surface area contributed by atoms with Crippen LogP contribution in [0.4, 0.5) is 17.1 Å². The highest BCUT2D eigenvalue weighted by Crippen LogP contribution is 2.25. The Morgan fingerprint density at radius 1 is 1.42 bits per heavy atom. The van der Waals surface area contributed by atoms with E-state index in [2.05, 4.69) is 24.1 Å². The Bertz CT molecular complexity index is 458. The lowest BCUT2D eigenvalue weighted by Crippen LogP contribution is -2.34. The van der Waals surface area contributed by atoms with E-state index in [-0.39, 0.29) is 11.1 Å². The summed E-state index contributed by atoms with van der Waals surface area (Å²) in [5, 5.41) is 13.9. The second-order valence-corrected chi connectivity index (χ2v) is 5.78. The molecule has 0 amide bonds. The molecule has 6 heteroatoms. The third kappa shape index (κ3) is 4.75. The lowest BCUT2D eigenvalue weighted by atomic mass is 9.93. The van der Waals surface area contributed by atoms with Gasteiger partial charge < -0.3 is 16.0 Å². The minimum atomic E-state index is -0.448. The molecule has 0 aromatic heterocycles. The van der Waals surface area contributed by atoms with E-state index in [0.29, 0.717) is 5.69 Å². The second-order valence-electron chi connectivity index (χ2n) is 5.78. The summed E-state index contributed by atoms with van der Waals surface area (Å²) in [7, 11) is 4.06. The van der Waals surface area contributed by atoms with Gasteiger partial charge in [-0.25, -0.2) is 0 Å². The van der Waals surface area contributed by atoms with Crippen molar-refractivity contribution in [2.24, 2.45) is 5.41 Å². The number of benzene rings is 1. The van der Waals surface area contributed by atoms with Crippen LogP contribution in [-0.2, 0) is 0 Å². The smallest absolute Gasteiger partial charge is 0.271 e. The molecular formula is C13H22N4O2. The maximum atomic E-state index is 10.6. The second kappa shape index (κ2) is 5.88. The van der Waals surface area contributed by atoms with E-state index >= 15 is 0 Å². The standard InChI is InChI=1S/C13H22N4O2/c1-13(2,9-16(3)4)8-15-12-6-5-10(17(18)19)7-11(12)14/h5-7,15H,8-9,14H2,1-4H3. The minimum absolute atomic E-state index is 0.00982. The maximum absolute atomic E-state index is 10.6. The molecule has 0 atom stereocenters. The zero-order valence-electron chi connectivity index (χ0n) is 11.9. The van der Waals surface area contributed by atoms with Gasteiger partial charge in [0, 0.05) is 25.2 Å². The van der Waals surface area contributed by atoms with Crippen molar-refractivity contribution in [2.45, 2.75) is 13.8 Å². The third-order valence-corrected chi connectivity index (χ3v) is 2.75. The predicted octanol–water partition coefficient (Wildman–Crippen LogP) is 2.18. The molecule has 6 nitrogen and oxygen atoms in total. The molecular weight excluding hydrogens is 244 g/mol. The number of anilines is 2. The Balaban J connectivity index is 2.71. The molecule has 0 heterocycles. The molecule has 0 radical (unpaired) electrons. The normalized spacial score (nSPS) is 11.6. The van der Waals surface area contributed by atoms with Crippen molar-refractivity contribution in [1.29, 1.82) is 0 Å². The summed E-state index contributed by atoms with van der Waals surface area (Å²) in [6, 6.07) is 4.48. The van der Waals surface area contributed by atoms with Crippen molar-refractivity contribution in [3.05, 3.63) is 28.3 Å². The van der Waals surface area contributed by atoms with Gasteiger partial charge in [-0.05, 0) is 25.6 Å². The number of nitrogens with zero attached hydrogens (tertiary/aromatic N) is 2. The molecule has 3 N–H and O–H groups in total. The zero-order valence-corrected chi connectivity index (χ0v) is 11.9. The lowest BCUT2D eigenvalue weighted by Gasteiger charge is -2.29. The van der Waals surface area contributed by atoms with Crippen molar-refractivity contribution in [1.82, 2.24) is 4.90 Å². The molecule has 0 spiro atoms. The first-order chi connectivity index (χ1) is 8.71. The maximum Gasteiger partial charge on any atom is 0.271 e. The third-order valence-electron chi connectivity index (χ3n) is 2.75. The number of nitrogens with two attached hydrogens (primary N) is 1. The Morgan fingerprint density at radius 2 is 2.05 bits per heavy atom. The molecule has 0 aliphatic heterocycles. The van der Waals surface area contributed by atoms with Gasteiger partial charge in [-0.15, -0.1) is 0 Å². The van der Waals surface area contributed by atoms with Gasteiger partial charge in [0.05, 0.1) is 16.3 Å². The minimum Gasteiger partial charge on any atom is -0.397 e. The molecule has 0 bridgehead atoms. The summed E-state index contributed by atoms with van der Waals surface area (Å²) in [5.41, 5.74) is 7.04. The fourth-order valence-corrected chi connectivity index (χ4v) is 2.07. The van der Waals surface area contributed by atoms with Crippen LogP contribution >= 0.6 is 0 Å². The number of hydrogen-bond acceptors (Lipinski definition) is 5. The van der Waals surface area contributed by atoms with Crippen LogP contribution in [0.1, 0.15) is 13.8 Å². The highest BCUT2D eigenvalue weighted by molar-refractivity contribution is 5.69. The molecule has 0 aliphatic carbocycles. The summed E-state index contributed by atoms with van der Waals surface area (Å²) < 4.78 is 0. The van der Waals surface area contributed by atoms with E-state index in [1.807, 2.05) is 14.1 Å². The van der Waals surface area contributed by atoms with Crippen molar-refractivity contribution < 1.29 is 4.92 Å². The van der Waals surface area contributed by atoms with Gasteiger partial charge >= 0.3 is 0 Å². The van der Waals surface area contributed by atoms with Crippen molar-refractivity contribution >= 4 is 17.1 Å². The van der Waals surface area contributed by atoms with Crippen molar-refractivity contribution in [3.8, 4) is 0 Å². The fraction of sp³-hybridized carbons (Fsp3) is 0.538. The summed E-state index contributed by atoms with van der Waals surface area (Å²) in [6.45, 7) is 5.99. The molecule has 106 valence electrons. The molecule has 1 rings (SSSR count). The number of non-ortho nitro benzene ring substituents is 1. The van der Waals surface area contributed by atoms with E-state index < -0.39 is 4.92 Å². The first kappa shape index (κ1) is 15.2. The van der Waals surface area contributed by atoms with Crippen LogP contribution in [0.25, 0.3) is 0 Å². The number of nitro groups is 1. The first-order valence-corrected chi connectivity index (χ1v) is 6.14. The van der Waals surface area contributed by atoms with E-state index in [1.54, 1.807) is 6.07 Å². The van der Waals surface area contributed by atoms with Crippen LogP contribution in [0.15, 0.2) is 18.2 Å². The lowest BCUT2D eigenvalue weighted by molar-refractivity contribution is -0.384. The molecule has 0 aliphatic rings. The molecule has 0 saturated carbocycles. The van der Waals surface area contributed by atoms with Gasteiger partial charge in [-0.2, -0.15) is 0 Å². The van der Waals surface area contributed by atoms with Gasteiger partial charge in [0.15, 0.2) is 0 Å². The van der Waals surface area contributed by atoms with Crippen LogP contribution in [0.2, 0.25) is 0 Å². The molecule has 0 saturated heterocycles. The number of hydrogen-bond donors (Lipinski definition) is 2. The number of rotatable bonds is 6. The number of nitrogen functional groups attached to an aromatic ring is 1. The topological polar surface area (TPSA) is 84.4 Å². The van der Waals surface area contributed by atoms with Gasteiger partial charge in [0.1, 0.15) is 0 Å². The van der Waals surface area contributed by atoms with Crippen molar-refractivity contribution in [2.75, 3.05) is 38.2 Å². The van der Waals surface area contributed by atoms with Crippen molar-refractivity contribution in [3.63, 3.8) is 0 Å². The predicted molar refractivity (Wildman–Crippen MR) is 78.3 cm³/mol. The van der Waals surface area contributed by atoms with Gasteiger partial charge in [0.2, 0.25) is 0 Å². The summed E-state index contributed by atoms with van der Waals surface area (Å²) in [6.07, 6.45) is 0. The fourth-order valence-electron chi connectivity index (χ4n) is 2.07. The Labute approximate surface area is 113 Å². The number of nitrogens with one attached hydrogen (secondary N) is 1. The SMILES string of the molecule is CN(C)CC(C)(C)CNc1ccc([N+](=O)[O-])cc1N. The molecule has 1 aromatic carbocycles. The van der Waals surface area contributed by atoms with Crippen LogP contribution in [0.3, 0.4) is 0 Å². The summed E-state index contributed by atoms with van der Waals surface area (Å²) >= 11 is 0. The van der Waals surface area contributed by atoms with E-state index in [1.165, 1.54) is 12.1 Å². The van der Waals surface area contributed by atoms with Crippen LogP contribution in [-0.4, -0.2) is 37.0 Å². The zero-order chi connectivity index (χ0) is 14.6. The summed E-state index contributed by atoms with van der Waals surface area (Å²) in [4.78, 5) is 12.3. The Kier molecular flexibility index (Phi) is 4.72. The largest absolute Gasteiger partial charge is 0.397 e. The number of nitro benzene ring substituents is 1. The summed E-state index contributed by atoms with van der Waals surface area (Å²) in [5.74, 6) is 0. The highest BCUT2D eigenvalue weighted by Gasteiger charge is 2.19. The molecule has 0 fully saturated rings. The van der Waals surface area contributed by atoms with E-state index in [0.717, 1.165) is 18.8 Å².